The molecule has 0 atom stereocenters. The van der Waals surface area contributed by atoms with E-state index >= 15 is 0 Å². The average molecular weight is 520 g/mol. The summed E-state index contributed by atoms with van der Waals surface area (Å²) in [4.78, 5) is 12.9. The van der Waals surface area contributed by atoms with Gasteiger partial charge in [-0.15, -0.1) is 46.7 Å². The molecule has 3 rings (SSSR count). The van der Waals surface area contributed by atoms with Gasteiger partial charge in [0.05, 0.1) is 10.7 Å². The van der Waals surface area contributed by atoms with Gasteiger partial charge in [0.2, 0.25) is 0 Å². The van der Waals surface area contributed by atoms with Gasteiger partial charge in [-0.1, -0.05) is 6.07 Å². The lowest BCUT2D eigenvalue weighted by Gasteiger charge is -2.32. The summed E-state index contributed by atoms with van der Waals surface area (Å²) in [6.07, 6.45) is 3.45. The van der Waals surface area contributed by atoms with E-state index in [0.29, 0.717) is 0 Å². The van der Waals surface area contributed by atoms with Crippen molar-refractivity contribution in [3.05, 3.63) is 38.5 Å². The van der Waals surface area contributed by atoms with E-state index in [0.717, 1.165) is 48.6 Å². The van der Waals surface area contributed by atoms with Gasteiger partial charge in [0.1, 0.15) is 0 Å². The quantitative estimate of drug-likeness (QED) is 0.333. The second-order valence-electron chi connectivity index (χ2n) is 6.79. The predicted molar refractivity (Wildman–Crippen MR) is 128 cm³/mol. The van der Waals surface area contributed by atoms with Crippen LogP contribution >= 0.6 is 46.7 Å². The lowest BCUT2D eigenvalue weighted by atomic mass is 9.97. The minimum Gasteiger partial charge on any atom is -0.356 e. The van der Waals surface area contributed by atoms with Gasteiger partial charge >= 0.3 is 0 Å². The van der Waals surface area contributed by atoms with E-state index in [1.807, 2.05) is 25.3 Å². The molecule has 1 aliphatic rings. The van der Waals surface area contributed by atoms with Crippen LogP contribution in [0.2, 0.25) is 0 Å². The van der Waals surface area contributed by atoms with E-state index in [2.05, 4.69) is 48.4 Å². The van der Waals surface area contributed by atoms with E-state index in [-0.39, 0.29) is 24.0 Å². The summed E-state index contributed by atoms with van der Waals surface area (Å²) in [5, 5.41) is 12.3. The van der Waals surface area contributed by atoms with Crippen LogP contribution in [0.1, 0.15) is 28.4 Å². The molecule has 2 N–H and O–H groups in total. The van der Waals surface area contributed by atoms with Crippen LogP contribution in [-0.4, -0.2) is 49.1 Å². The molecule has 0 unspecified atom stereocenters. The molecular formula is C19H30IN5S2. The van der Waals surface area contributed by atoms with Crippen molar-refractivity contribution < 1.29 is 0 Å². The third kappa shape index (κ3) is 7.67. The molecular weight excluding hydrogens is 489 g/mol. The van der Waals surface area contributed by atoms with Gasteiger partial charge < -0.3 is 10.6 Å². The van der Waals surface area contributed by atoms with Gasteiger partial charge in [-0.2, -0.15) is 0 Å². The number of hydrogen-bond donors (Lipinski definition) is 2. The van der Waals surface area contributed by atoms with Gasteiger partial charge in [0.25, 0.3) is 0 Å². The van der Waals surface area contributed by atoms with Crippen LogP contribution in [0.5, 0.6) is 0 Å². The first-order chi connectivity index (χ1) is 12.7. The van der Waals surface area contributed by atoms with E-state index in [1.54, 1.807) is 11.3 Å². The molecule has 8 heteroatoms. The van der Waals surface area contributed by atoms with Crippen LogP contribution in [0.3, 0.4) is 0 Å². The fourth-order valence-corrected chi connectivity index (χ4v) is 4.66. The third-order valence-electron chi connectivity index (χ3n) is 4.79. The molecule has 27 heavy (non-hydrogen) atoms. The van der Waals surface area contributed by atoms with E-state index < -0.39 is 0 Å². The molecule has 5 nitrogen and oxygen atoms in total. The zero-order valence-electron chi connectivity index (χ0n) is 16.1. The Labute approximate surface area is 187 Å². The Bertz CT molecular complexity index is 678. The van der Waals surface area contributed by atoms with Crippen molar-refractivity contribution in [1.29, 1.82) is 0 Å². The topological polar surface area (TPSA) is 52.6 Å². The second kappa shape index (κ2) is 12.0. The number of aliphatic imine (C=N–C) groups is 1. The first kappa shape index (κ1) is 22.6. The maximum atomic E-state index is 4.50. The Hall–Kier alpha value is -0.710. The molecule has 2 aromatic rings. The van der Waals surface area contributed by atoms with Crippen molar-refractivity contribution >= 4 is 52.6 Å². The summed E-state index contributed by atoms with van der Waals surface area (Å²) in [6.45, 7) is 7.41. The normalized spacial score (nSPS) is 16.1. The molecule has 0 spiro atoms. The Morgan fingerprint density at radius 1 is 1.30 bits per heavy atom. The number of hydrogen-bond acceptors (Lipinski definition) is 5. The number of piperidine rings is 1. The number of aryl methyl sites for hydroxylation is 1. The number of thiophene rings is 1. The van der Waals surface area contributed by atoms with Gasteiger partial charge in [-0.3, -0.25) is 9.89 Å². The van der Waals surface area contributed by atoms with Gasteiger partial charge in [0.15, 0.2) is 5.96 Å². The van der Waals surface area contributed by atoms with Crippen molar-refractivity contribution in [3.63, 3.8) is 0 Å². The number of aromatic nitrogens is 1. The van der Waals surface area contributed by atoms with Crippen LogP contribution in [0.4, 0.5) is 0 Å². The van der Waals surface area contributed by atoms with Crippen molar-refractivity contribution in [2.24, 2.45) is 10.9 Å². The standard InChI is InChI=1S/C19H29N5S2.HI/c1-15-23-17(14-26-15)5-8-21-19(20-2)22-12-16-6-9-24(10-7-16)13-18-4-3-11-25-18;/h3-4,11,14,16H,5-10,12-13H2,1-2H3,(H2,20,21,22);1H. The van der Waals surface area contributed by atoms with Crippen molar-refractivity contribution in [2.75, 3.05) is 33.2 Å². The molecule has 0 aliphatic carbocycles. The van der Waals surface area contributed by atoms with Crippen LogP contribution < -0.4 is 10.6 Å². The summed E-state index contributed by atoms with van der Waals surface area (Å²) >= 11 is 3.57. The highest BCUT2D eigenvalue weighted by Crippen LogP contribution is 2.20. The van der Waals surface area contributed by atoms with Crippen molar-refractivity contribution in [2.45, 2.75) is 32.7 Å². The molecule has 2 aromatic heterocycles. The summed E-state index contributed by atoms with van der Waals surface area (Å²) in [5.74, 6) is 1.63. The Balaban J connectivity index is 0.00000261. The second-order valence-corrected chi connectivity index (χ2v) is 8.88. The lowest BCUT2D eigenvalue weighted by Crippen LogP contribution is -2.43. The average Bonchev–Trinajstić information content (AvgIpc) is 3.31. The molecule has 0 saturated carbocycles. The number of likely N-dealkylation sites (tertiary alicyclic amines) is 1. The van der Waals surface area contributed by atoms with E-state index in [1.165, 1.54) is 30.8 Å². The predicted octanol–water partition coefficient (Wildman–Crippen LogP) is 3.75. The molecule has 0 amide bonds. The van der Waals surface area contributed by atoms with Crippen LogP contribution in [0, 0.1) is 12.8 Å². The van der Waals surface area contributed by atoms with E-state index in [4.69, 9.17) is 0 Å². The van der Waals surface area contributed by atoms with Crippen LogP contribution in [-0.2, 0) is 13.0 Å². The fraction of sp³-hybridized carbons (Fsp3) is 0.579. The Kier molecular flexibility index (Phi) is 10.0. The summed E-state index contributed by atoms with van der Waals surface area (Å²) in [6, 6.07) is 4.38. The molecule has 0 radical (unpaired) electrons. The number of halogens is 1. The van der Waals surface area contributed by atoms with Crippen molar-refractivity contribution in [1.82, 2.24) is 20.5 Å². The van der Waals surface area contributed by atoms with Gasteiger partial charge in [-0.05, 0) is 50.2 Å². The third-order valence-corrected chi connectivity index (χ3v) is 6.47. The monoisotopic (exact) mass is 519 g/mol. The maximum absolute atomic E-state index is 4.50. The fourth-order valence-electron chi connectivity index (χ4n) is 3.27. The number of nitrogens with one attached hydrogen (secondary N) is 2. The molecule has 1 aliphatic heterocycles. The molecule has 3 heterocycles. The van der Waals surface area contributed by atoms with Crippen molar-refractivity contribution in [3.8, 4) is 0 Å². The number of guanidine groups is 1. The zero-order chi connectivity index (χ0) is 18.2. The summed E-state index contributed by atoms with van der Waals surface area (Å²) < 4.78 is 0. The highest BCUT2D eigenvalue weighted by Gasteiger charge is 2.19. The highest BCUT2D eigenvalue weighted by molar-refractivity contribution is 14.0. The molecule has 0 bridgehead atoms. The number of nitrogens with zero attached hydrogens (tertiary/aromatic N) is 3. The van der Waals surface area contributed by atoms with Gasteiger partial charge in [-0.25, -0.2) is 4.98 Å². The number of thiazole rings is 1. The summed E-state index contributed by atoms with van der Waals surface area (Å²) in [7, 11) is 1.84. The molecule has 1 fully saturated rings. The lowest BCUT2D eigenvalue weighted by molar-refractivity contribution is 0.179. The minimum absolute atomic E-state index is 0. The molecule has 0 aromatic carbocycles. The SMILES string of the molecule is CN=C(NCCc1csc(C)n1)NCC1CCN(Cc2cccs2)CC1.I. The minimum atomic E-state index is 0. The summed E-state index contributed by atoms with van der Waals surface area (Å²) in [5.41, 5.74) is 1.16. The maximum Gasteiger partial charge on any atom is 0.190 e. The largest absolute Gasteiger partial charge is 0.356 e. The Morgan fingerprint density at radius 2 is 2.11 bits per heavy atom. The Morgan fingerprint density at radius 3 is 2.74 bits per heavy atom. The smallest absolute Gasteiger partial charge is 0.190 e. The van der Waals surface area contributed by atoms with E-state index in [9.17, 15) is 0 Å². The first-order valence-electron chi connectivity index (χ1n) is 9.33. The van der Waals surface area contributed by atoms with Gasteiger partial charge in [0, 0.05) is 43.4 Å². The first-order valence-corrected chi connectivity index (χ1v) is 11.1. The highest BCUT2D eigenvalue weighted by atomic mass is 127. The molecule has 150 valence electrons. The number of rotatable bonds is 7. The van der Waals surface area contributed by atoms with Crippen LogP contribution in [0.15, 0.2) is 27.9 Å². The molecule has 1 saturated heterocycles. The zero-order valence-corrected chi connectivity index (χ0v) is 20.1. The van der Waals surface area contributed by atoms with Crippen LogP contribution in [0.25, 0.3) is 0 Å².